The second-order valence-corrected chi connectivity index (χ2v) is 6.53. The Morgan fingerprint density at radius 1 is 1.28 bits per heavy atom. The van der Waals surface area contributed by atoms with Gasteiger partial charge in [-0.15, -0.1) is 0 Å². The molecule has 2 aromatic rings. The van der Waals surface area contributed by atoms with E-state index in [0.717, 1.165) is 12.0 Å². The van der Waals surface area contributed by atoms with Crippen LogP contribution in [0.15, 0.2) is 42.6 Å². The zero-order valence-electron chi connectivity index (χ0n) is 13.4. The maximum atomic E-state index is 12.9. The predicted octanol–water partition coefficient (Wildman–Crippen LogP) is 2.63. The first-order chi connectivity index (χ1) is 12.1. The van der Waals surface area contributed by atoms with E-state index in [0.29, 0.717) is 24.2 Å². The van der Waals surface area contributed by atoms with Crippen LogP contribution in [0.1, 0.15) is 46.6 Å². The number of hydrogen-bond donors (Lipinski definition) is 1. The number of aliphatic hydroxyl groups is 1. The number of fused-ring (bicyclic) bond motifs is 3. The molecule has 1 N–H and O–H groups in total. The summed E-state index contributed by atoms with van der Waals surface area (Å²) < 4.78 is 0. The molecule has 0 radical (unpaired) electrons. The van der Waals surface area contributed by atoms with Gasteiger partial charge >= 0.3 is 0 Å². The molecule has 4 rings (SSSR count). The Bertz CT molecular complexity index is 836. The van der Waals surface area contributed by atoms with Crippen molar-refractivity contribution in [1.29, 1.82) is 0 Å². The van der Waals surface area contributed by atoms with Crippen LogP contribution < -0.4 is 0 Å². The van der Waals surface area contributed by atoms with Gasteiger partial charge in [0.1, 0.15) is 0 Å². The highest BCUT2D eigenvalue weighted by atomic mass is 16.6. The molecule has 1 amide bonds. The minimum Gasteiger partial charge on any atom is -0.387 e. The van der Waals surface area contributed by atoms with Crippen molar-refractivity contribution in [3.63, 3.8) is 0 Å². The molecule has 0 unspecified atom stereocenters. The van der Waals surface area contributed by atoms with Gasteiger partial charge in [0.05, 0.1) is 22.8 Å². The number of carbonyl (C=O) groups is 1. The summed E-state index contributed by atoms with van der Waals surface area (Å²) in [5, 5.41) is 21.1. The van der Waals surface area contributed by atoms with E-state index in [4.69, 9.17) is 0 Å². The lowest BCUT2D eigenvalue weighted by atomic mass is 9.81. The highest BCUT2D eigenvalue weighted by Crippen LogP contribution is 2.48. The largest absolute Gasteiger partial charge is 0.387 e. The molecule has 128 valence electrons. The molecule has 2 aliphatic rings. The molecule has 1 saturated heterocycles. The Morgan fingerprint density at radius 3 is 2.76 bits per heavy atom. The van der Waals surface area contributed by atoms with Crippen molar-refractivity contribution in [1.82, 2.24) is 9.88 Å². The van der Waals surface area contributed by atoms with Gasteiger partial charge in [-0.05, 0) is 42.5 Å². The summed E-state index contributed by atoms with van der Waals surface area (Å²) in [5.74, 6) is 0.0577. The molecule has 0 bridgehead atoms. The summed E-state index contributed by atoms with van der Waals surface area (Å²) in [4.78, 5) is 29.3. The minimum absolute atomic E-state index is 0.0359. The van der Waals surface area contributed by atoms with Crippen LogP contribution >= 0.6 is 0 Å². The first-order valence-corrected chi connectivity index (χ1v) is 8.24. The highest BCUT2D eigenvalue weighted by molar-refractivity contribution is 5.95. The quantitative estimate of drug-likeness (QED) is 0.670. The van der Waals surface area contributed by atoms with Gasteiger partial charge in [-0.3, -0.25) is 19.9 Å². The third-order valence-electron chi connectivity index (χ3n) is 5.14. The number of benzene rings is 1. The maximum absolute atomic E-state index is 12.9. The fraction of sp³-hybridized carbons (Fsp3) is 0.333. The van der Waals surface area contributed by atoms with E-state index >= 15 is 0 Å². The van der Waals surface area contributed by atoms with E-state index in [1.807, 2.05) is 12.1 Å². The number of pyridine rings is 1. The van der Waals surface area contributed by atoms with Gasteiger partial charge in [0.25, 0.3) is 11.6 Å². The molecule has 1 aromatic heterocycles. The van der Waals surface area contributed by atoms with Crippen molar-refractivity contribution in [3.05, 3.63) is 69.5 Å². The Kier molecular flexibility index (Phi) is 3.73. The van der Waals surface area contributed by atoms with Crippen LogP contribution in [0.5, 0.6) is 0 Å². The monoisotopic (exact) mass is 339 g/mol. The molecule has 2 heterocycles. The second-order valence-electron chi connectivity index (χ2n) is 6.53. The summed E-state index contributed by atoms with van der Waals surface area (Å²) in [5.41, 5.74) is 1.94. The average Bonchev–Trinajstić information content (AvgIpc) is 3.05. The van der Waals surface area contributed by atoms with Crippen molar-refractivity contribution in [3.8, 4) is 0 Å². The number of nitro benzene ring substituents is 1. The van der Waals surface area contributed by atoms with E-state index in [1.54, 1.807) is 11.1 Å². The number of nitro groups is 1. The number of rotatable bonds is 2. The lowest BCUT2D eigenvalue weighted by Gasteiger charge is -2.35. The Labute approximate surface area is 144 Å². The smallest absolute Gasteiger partial charge is 0.269 e. The average molecular weight is 339 g/mol. The highest BCUT2D eigenvalue weighted by Gasteiger charge is 2.44. The van der Waals surface area contributed by atoms with E-state index < -0.39 is 11.0 Å². The first-order valence-electron chi connectivity index (χ1n) is 8.24. The van der Waals surface area contributed by atoms with Crippen molar-refractivity contribution in [2.45, 2.75) is 25.0 Å². The van der Waals surface area contributed by atoms with Crippen molar-refractivity contribution in [2.24, 2.45) is 5.92 Å². The van der Waals surface area contributed by atoms with Gasteiger partial charge < -0.3 is 10.0 Å². The fourth-order valence-corrected chi connectivity index (χ4v) is 4.00. The lowest BCUT2D eigenvalue weighted by molar-refractivity contribution is -0.384. The molecule has 7 nitrogen and oxygen atoms in total. The molecule has 7 heteroatoms. The number of amides is 1. The van der Waals surface area contributed by atoms with Crippen molar-refractivity contribution < 1.29 is 14.8 Å². The third kappa shape index (κ3) is 2.56. The van der Waals surface area contributed by atoms with Crippen LogP contribution in [0.25, 0.3) is 0 Å². The van der Waals surface area contributed by atoms with Crippen molar-refractivity contribution in [2.75, 3.05) is 6.54 Å². The van der Waals surface area contributed by atoms with Crippen LogP contribution in [-0.4, -0.2) is 32.4 Å². The molecular formula is C18H17N3O4. The second kappa shape index (κ2) is 5.93. The van der Waals surface area contributed by atoms with Crippen molar-refractivity contribution >= 4 is 11.6 Å². The Hall–Kier alpha value is -2.80. The SMILES string of the molecule is O=C(c1ccc([N+](=O)[O-])cc1)N1CC[C@H]2C[C@@H](O)c3ncccc3[C@H]21. The molecule has 3 atom stereocenters. The molecule has 0 spiro atoms. The predicted molar refractivity (Wildman–Crippen MR) is 88.8 cm³/mol. The van der Waals surface area contributed by atoms with Crippen LogP contribution in [0.3, 0.4) is 0 Å². The Balaban J connectivity index is 1.66. The summed E-state index contributed by atoms with van der Waals surface area (Å²) in [6, 6.07) is 9.33. The summed E-state index contributed by atoms with van der Waals surface area (Å²) in [6.45, 7) is 0.603. The standard InChI is InChI=1S/C18H17N3O4/c22-15-10-12-7-9-20(17(12)14-2-1-8-19-16(14)15)18(23)11-3-5-13(6-4-11)21(24)25/h1-6,8,12,15,17,22H,7,9-10H2/t12-,15+,17-/m0/s1. The van der Waals surface area contributed by atoms with Gasteiger partial charge in [-0.1, -0.05) is 6.07 Å². The Morgan fingerprint density at radius 2 is 2.04 bits per heavy atom. The van der Waals surface area contributed by atoms with Crippen LogP contribution in [0, 0.1) is 16.0 Å². The molecule has 1 aromatic carbocycles. The number of hydrogen-bond acceptors (Lipinski definition) is 5. The summed E-state index contributed by atoms with van der Waals surface area (Å²) in [6.07, 6.45) is 2.49. The van der Waals surface area contributed by atoms with E-state index in [1.165, 1.54) is 24.3 Å². The first kappa shape index (κ1) is 15.7. The summed E-state index contributed by atoms with van der Waals surface area (Å²) >= 11 is 0. The van der Waals surface area contributed by atoms with Crippen LogP contribution in [0.2, 0.25) is 0 Å². The minimum atomic E-state index is -0.591. The number of aromatic nitrogens is 1. The van der Waals surface area contributed by atoms with E-state index in [-0.39, 0.29) is 23.6 Å². The molecule has 1 fully saturated rings. The van der Waals surface area contributed by atoms with Gasteiger partial charge in [-0.25, -0.2) is 0 Å². The number of carbonyl (C=O) groups excluding carboxylic acids is 1. The normalized spacial score (nSPS) is 24.5. The zero-order valence-corrected chi connectivity index (χ0v) is 13.4. The number of likely N-dealkylation sites (tertiary alicyclic amines) is 1. The van der Waals surface area contributed by atoms with Gasteiger partial charge in [0.15, 0.2) is 0 Å². The van der Waals surface area contributed by atoms with Crippen LogP contribution in [0.4, 0.5) is 5.69 Å². The molecular weight excluding hydrogens is 322 g/mol. The van der Waals surface area contributed by atoms with Gasteiger partial charge in [0.2, 0.25) is 0 Å². The number of nitrogens with zero attached hydrogens (tertiary/aromatic N) is 3. The fourth-order valence-electron chi connectivity index (χ4n) is 4.00. The van der Waals surface area contributed by atoms with Gasteiger partial charge in [0, 0.05) is 30.4 Å². The topological polar surface area (TPSA) is 96.6 Å². The lowest BCUT2D eigenvalue weighted by Crippen LogP contribution is -2.35. The maximum Gasteiger partial charge on any atom is 0.269 e. The third-order valence-corrected chi connectivity index (χ3v) is 5.14. The molecule has 25 heavy (non-hydrogen) atoms. The van der Waals surface area contributed by atoms with Gasteiger partial charge in [-0.2, -0.15) is 0 Å². The molecule has 0 saturated carbocycles. The zero-order chi connectivity index (χ0) is 17.6. The van der Waals surface area contributed by atoms with Crippen LogP contribution in [-0.2, 0) is 0 Å². The summed E-state index contributed by atoms with van der Waals surface area (Å²) in [7, 11) is 0. The van der Waals surface area contributed by atoms with E-state index in [2.05, 4.69) is 4.98 Å². The molecule has 1 aliphatic carbocycles. The number of aliphatic hydroxyl groups excluding tert-OH is 1. The van der Waals surface area contributed by atoms with E-state index in [9.17, 15) is 20.0 Å². The molecule has 1 aliphatic heterocycles. The number of non-ortho nitro benzene ring substituents is 1.